The highest BCUT2D eigenvalue weighted by atomic mass is 16.6. The van der Waals surface area contributed by atoms with E-state index in [1.54, 1.807) is 10.8 Å². The van der Waals surface area contributed by atoms with Crippen LogP contribution in [0, 0.1) is 0 Å². The second-order valence-corrected chi connectivity index (χ2v) is 5.91. The van der Waals surface area contributed by atoms with Gasteiger partial charge in [-0.1, -0.05) is 30.3 Å². The van der Waals surface area contributed by atoms with E-state index < -0.39 is 0 Å². The van der Waals surface area contributed by atoms with Gasteiger partial charge in [0.25, 0.3) is 5.56 Å². The molecule has 0 aliphatic carbocycles. The number of hydrogen-bond donors (Lipinski definition) is 1. The maximum absolute atomic E-state index is 12.7. The molecular weight excluding hydrogens is 350 g/mol. The number of aromatic nitrogens is 5. The molecule has 0 radical (unpaired) electrons. The number of H-pyrrole nitrogens is 1. The maximum Gasteiger partial charge on any atom is 0.302 e. The van der Waals surface area contributed by atoms with Gasteiger partial charge < -0.3 is 14.5 Å². The Hall–Kier alpha value is -3.46. The molecule has 0 atom stereocenters. The van der Waals surface area contributed by atoms with E-state index in [9.17, 15) is 9.59 Å². The zero-order valence-electron chi connectivity index (χ0n) is 14.6. The normalized spacial score (nSPS) is 11.3. The zero-order chi connectivity index (χ0) is 18.8. The number of carbonyl (C=O) groups excluding carboxylic acids is 1. The standard InChI is InChI=1S/C18H17N5O4/c1-12(24)27-8-7-26-11-22-10-19-15-16(22)21-18-20-14(9-23(18)17(15)25)13-5-3-2-4-6-13/h2-6,9-10H,7-8,11H2,1H3,(H,20,21). The fourth-order valence-electron chi connectivity index (χ4n) is 2.76. The fraction of sp³-hybridized carbons (Fsp3) is 0.222. The van der Waals surface area contributed by atoms with Gasteiger partial charge in [0.1, 0.15) is 13.3 Å². The number of benzene rings is 1. The molecule has 3 aromatic heterocycles. The van der Waals surface area contributed by atoms with E-state index in [0.717, 1.165) is 11.3 Å². The highest BCUT2D eigenvalue weighted by Gasteiger charge is 2.14. The second-order valence-electron chi connectivity index (χ2n) is 5.91. The molecule has 27 heavy (non-hydrogen) atoms. The Balaban J connectivity index is 1.63. The highest BCUT2D eigenvalue weighted by Crippen LogP contribution is 2.18. The lowest BCUT2D eigenvalue weighted by atomic mass is 10.2. The van der Waals surface area contributed by atoms with Crippen LogP contribution in [-0.2, 0) is 21.0 Å². The van der Waals surface area contributed by atoms with Crippen LogP contribution in [0.5, 0.6) is 0 Å². The molecule has 1 N–H and O–H groups in total. The fourth-order valence-corrected chi connectivity index (χ4v) is 2.76. The molecule has 0 saturated carbocycles. The molecule has 0 saturated heterocycles. The van der Waals surface area contributed by atoms with Gasteiger partial charge in [-0.25, -0.2) is 9.38 Å². The van der Waals surface area contributed by atoms with Crippen molar-refractivity contribution in [3.8, 4) is 11.3 Å². The van der Waals surface area contributed by atoms with E-state index in [-0.39, 0.29) is 37.0 Å². The minimum absolute atomic E-state index is 0.145. The molecule has 0 aliphatic rings. The smallest absolute Gasteiger partial charge is 0.302 e. The lowest BCUT2D eigenvalue weighted by Gasteiger charge is -2.05. The molecule has 9 nitrogen and oxygen atoms in total. The van der Waals surface area contributed by atoms with Crippen LogP contribution < -0.4 is 5.56 Å². The third-order valence-corrected chi connectivity index (χ3v) is 4.02. The van der Waals surface area contributed by atoms with Crippen LogP contribution in [0.15, 0.2) is 47.7 Å². The van der Waals surface area contributed by atoms with E-state index in [1.807, 2.05) is 30.3 Å². The molecule has 0 bridgehead atoms. The third kappa shape index (κ3) is 3.32. The number of aromatic amines is 1. The summed E-state index contributed by atoms with van der Waals surface area (Å²) in [5.74, 6) is 0.0674. The first-order chi connectivity index (χ1) is 13.1. The van der Waals surface area contributed by atoms with Crippen molar-refractivity contribution in [1.82, 2.24) is 23.9 Å². The molecule has 9 heteroatoms. The molecule has 0 spiro atoms. The summed E-state index contributed by atoms with van der Waals surface area (Å²) < 4.78 is 13.3. The van der Waals surface area contributed by atoms with Crippen LogP contribution in [0.25, 0.3) is 28.2 Å². The zero-order valence-corrected chi connectivity index (χ0v) is 14.6. The number of ether oxygens (including phenoxy) is 2. The van der Waals surface area contributed by atoms with Crippen LogP contribution in [-0.4, -0.2) is 43.1 Å². The van der Waals surface area contributed by atoms with Crippen molar-refractivity contribution in [2.24, 2.45) is 0 Å². The lowest BCUT2D eigenvalue weighted by molar-refractivity contribution is -0.142. The number of carbonyl (C=O) groups is 1. The number of hydrogen-bond acceptors (Lipinski definition) is 6. The van der Waals surface area contributed by atoms with Crippen molar-refractivity contribution in [3.63, 3.8) is 0 Å². The summed E-state index contributed by atoms with van der Waals surface area (Å²) in [6.45, 7) is 1.89. The van der Waals surface area contributed by atoms with Crippen molar-refractivity contribution in [1.29, 1.82) is 0 Å². The van der Waals surface area contributed by atoms with Crippen LogP contribution >= 0.6 is 0 Å². The van der Waals surface area contributed by atoms with Gasteiger partial charge in [-0.05, 0) is 5.56 Å². The minimum atomic E-state index is -0.357. The molecule has 3 heterocycles. The molecule has 0 unspecified atom stereocenters. The summed E-state index contributed by atoms with van der Waals surface area (Å²) in [4.78, 5) is 35.3. The Labute approximate surface area is 153 Å². The van der Waals surface area contributed by atoms with E-state index in [1.165, 1.54) is 17.7 Å². The highest BCUT2D eigenvalue weighted by molar-refractivity contribution is 5.73. The largest absolute Gasteiger partial charge is 0.463 e. The van der Waals surface area contributed by atoms with Gasteiger partial charge in [-0.3, -0.25) is 14.2 Å². The van der Waals surface area contributed by atoms with Gasteiger partial charge >= 0.3 is 5.97 Å². The summed E-state index contributed by atoms with van der Waals surface area (Å²) in [6, 6.07) is 9.68. The van der Waals surface area contributed by atoms with Crippen molar-refractivity contribution in [2.75, 3.05) is 13.2 Å². The SMILES string of the molecule is CC(=O)OCCOCn1cnc2c(=O)n3cc(-c4ccccc4)[nH]c3nc21. The Morgan fingerprint density at radius 3 is 2.81 bits per heavy atom. The molecule has 0 amide bonds. The minimum Gasteiger partial charge on any atom is -0.463 e. The first-order valence-corrected chi connectivity index (χ1v) is 8.36. The predicted molar refractivity (Wildman–Crippen MR) is 97.1 cm³/mol. The average Bonchev–Trinajstić information content (AvgIpc) is 3.27. The van der Waals surface area contributed by atoms with Gasteiger partial charge in [-0.15, -0.1) is 0 Å². The summed E-state index contributed by atoms with van der Waals surface area (Å²) in [7, 11) is 0. The van der Waals surface area contributed by atoms with Crippen molar-refractivity contribution in [2.45, 2.75) is 13.7 Å². The summed E-state index contributed by atoms with van der Waals surface area (Å²) in [5.41, 5.74) is 2.17. The molecule has 138 valence electrons. The third-order valence-electron chi connectivity index (χ3n) is 4.02. The summed E-state index contributed by atoms with van der Waals surface area (Å²) in [5, 5.41) is 0. The van der Waals surface area contributed by atoms with Crippen LogP contribution in [0.4, 0.5) is 0 Å². The van der Waals surface area contributed by atoms with E-state index in [4.69, 9.17) is 9.47 Å². The second kappa shape index (κ2) is 7.04. The number of rotatable bonds is 6. The number of imidazole rings is 2. The molecule has 0 fully saturated rings. The quantitative estimate of drug-likeness (QED) is 0.410. The van der Waals surface area contributed by atoms with Crippen molar-refractivity contribution < 1.29 is 14.3 Å². The average molecular weight is 367 g/mol. The number of esters is 1. The van der Waals surface area contributed by atoms with Crippen LogP contribution in [0.1, 0.15) is 6.92 Å². The molecule has 4 aromatic rings. The summed E-state index contributed by atoms with van der Waals surface area (Å²) >= 11 is 0. The summed E-state index contributed by atoms with van der Waals surface area (Å²) in [6.07, 6.45) is 3.22. The monoisotopic (exact) mass is 367 g/mol. The van der Waals surface area contributed by atoms with Crippen molar-refractivity contribution >= 4 is 22.9 Å². The lowest BCUT2D eigenvalue weighted by Crippen LogP contribution is -2.15. The van der Waals surface area contributed by atoms with Gasteiger partial charge in [0.05, 0.1) is 18.6 Å². The van der Waals surface area contributed by atoms with Gasteiger partial charge in [0.15, 0.2) is 11.2 Å². The molecular formula is C18H17N5O4. The van der Waals surface area contributed by atoms with E-state index in [0.29, 0.717) is 11.4 Å². The first kappa shape index (κ1) is 17.0. The predicted octanol–water partition coefficient (Wildman–Crippen LogP) is 1.58. The topological polar surface area (TPSA) is 104 Å². The Bertz CT molecular complexity index is 1160. The Morgan fingerprint density at radius 1 is 1.22 bits per heavy atom. The number of nitrogens with one attached hydrogen (secondary N) is 1. The van der Waals surface area contributed by atoms with Crippen LogP contribution in [0.3, 0.4) is 0 Å². The van der Waals surface area contributed by atoms with E-state index >= 15 is 0 Å². The van der Waals surface area contributed by atoms with Gasteiger partial charge in [0.2, 0.25) is 5.78 Å². The molecule has 1 aromatic carbocycles. The van der Waals surface area contributed by atoms with Gasteiger partial charge in [-0.2, -0.15) is 4.98 Å². The van der Waals surface area contributed by atoms with Gasteiger partial charge in [0, 0.05) is 13.1 Å². The van der Waals surface area contributed by atoms with E-state index in [2.05, 4.69) is 15.0 Å². The first-order valence-electron chi connectivity index (χ1n) is 8.36. The Kier molecular flexibility index (Phi) is 4.43. The van der Waals surface area contributed by atoms with Crippen LogP contribution in [0.2, 0.25) is 0 Å². The van der Waals surface area contributed by atoms with Crippen molar-refractivity contribution in [3.05, 3.63) is 53.2 Å². The number of nitrogens with zero attached hydrogens (tertiary/aromatic N) is 4. The maximum atomic E-state index is 12.7. The Morgan fingerprint density at radius 2 is 2.04 bits per heavy atom. The molecule has 4 rings (SSSR count). The molecule has 0 aliphatic heterocycles. The number of fused-ring (bicyclic) bond motifs is 2.